The third-order valence-corrected chi connectivity index (χ3v) is 7.50. The first-order valence-electron chi connectivity index (χ1n) is 12.0. The summed E-state index contributed by atoms with van der Waals surface area (Å²) in [6.45, 7) is 4.42. The van der Waals surface area contributed by atoms with Gasteiger partial charge in [-0.25, -0.2) is 4.79 Å². The molecule has 4 rings (SSSR count). The number of amides is 2. The van der Waals surface area contributed by atoms with E-state index >= 15 is 0 Å². The van der Waals surface area contributed by atoms with Crippen molar-refractivity contribution in [2.75, 3.05) is 25.5 Å². The second kappa shape index (κ2) is 9.63. The molecule has 0 spiro atoms. The van der Waals surface area contributed by atoms with Gasteiger partial charge in [0.15, 0.2) is 6.04 Å². The number of rotatable bonds is 5. The summed E-state index contributed by atoms with van der Waals surface area (Å²) in [7, 11) is 1.10. The highest BCUT2D eigenvalue weighted by Crippen LogP contribution is 2.41. The Morgan fingerprint density at radius 1 is 1.22 bits per heavy atom. The largest absolute Gasteiger partial charge is 0.465 e. The minimum absolute atomic E-state index is 0.0497. The highest BCUT2D eigenvalue weighted by atomic mass is 19.4. The third-order valence-electron chi connectivity index (χ3n) is 7.50. The molecule has 3 atom stereocenters. The molecule has 1 aromatic carbocycles. The molecule has 1 aliphatic carbocycles. The topological polar surface area (TPSA) is 85.8 Å². The molecule has 2 N–H and O–H groups in total. The summed E-state index contributed by atoms with van der Waals surface area (Å²) < 4.78 is 42.3. The predicted octanol–water partition coefficient (Wildman–Crippen LogP) is 4.85. The number of pyridine rings is 1. The molecule has 10 heteroatoms. The molecule has 7 nitrogen and oxygen atoms in total. The maximum absolute atomic E-state index is 14.1. The first-order valence-corrected chi connectivity index (χ1v) is 12.0. The summed E-state index contributed by atoms with van der Waals surface area (Å²) in [6, 6.07) is 8.86. The molecule has 0 bridgehead atoms. The Balaban J connectivity index is 1.50. The molecule has 0 radical (unpaired) electrons. The number of piperidine rings is 1. The molecule has 2 aliphatic rings. The van der Waals surface area contributed by atoms with Crippen LogP contribution in [0.4, 0.5) is 23.7 Å². The van der Waals surface area contributed by atoms with Gasteiger partial charge in [-0.3, -0.25) is 9.78 Å². The Hall–Kier alpha value is -3.30. The average Bonchev–Trinajstić information content (AvgIpc) is 3.08. The molecule has 2 heterocycles. The Morgan fingerprint density at radius 3 is 2.56 bits per heavy atom. The summed E-state index contributed by atoms with van der Waals surface area (Å²) >= 11 is 0. The molecule has 2 amide bonds. The molecule has 1 fully saturated rings. The quantitative estimate of drug-likeness (QED) is 0.608. The van der Waals surface area contributed by atoms with Crippen molar-refractivity contribution in [3.63, 3.8) is 0 Å². The van der Waals surface area contributed by atoms with Gasteiger partial charge in [0.05, 0.1) is 23.5 Å². The van der Waals surface area contributed by atoms with Crippen LogP contribution in [0.15, 0.2) is 42.6 Å². The first kappa shape index (κ1) is 25.8. The van der Waals surface area contributed by atoms with Crippen LogP contribution in [0.2, 0.25) is 0 Å². The van der Waals surface area contributed by atoms with Crippen molar-refractivity contribution in [1.82, 2.24) is 14.8 Å². The Bertz CT molecular complexity index is 1120. The highest BCUT2D eigenvalue weighted by molar-refractivity contribution is 5.80. The molecule has 1 saturated heterocycles. The molecule has 1 aromatic heterocycles. The number of carbonyl (C=O) groups is 2. The van der Waals surface area contributed by atoms with E-state index in [0.29, 0.717) is 23.4 Å². The van der Waals surface area contributed by atoms with Crippen LogP contribution in [-0.2, 0) is 16.6 Å². The number of likely N-dealkylation sites (tertiary alicyclic amines) is 1. The molecule has 3 unspecified atom stereocenters. The zero-order valence-corrected chi connectivity index (χ0v) is 20.5. The lowest BCUT2D eigenvalue weighted by atomic mass is 9.83. The van der Waals surface area contributed by atoms with Gasteiger partial charge in [-0.15, -0.1) is 0 Å². The van der Waals surface area contributed by atoms with Crippen LogP contribution in [0.3, 0.4) is 0 Å². The molecule has 1 aliphatic heterocycles. The van der Waals surface area contributed by atoms with Gasteiger partial charge in [0.1, 0.15) is 0 Å². The van der Waals surface area contributed by atoms with E-state index in [1.54, 1.807) is 6.07 Å². The molecule has 194 valence electrons. The fourth-order valence-electron chi connectivity index (χ4n) is 5.43. The Labute approximate surface area is 208 Å². The van der Waals surface area contributed by atoms with Gasteiger partial charge in [-0.1, -0.05) is 38.1 Å². The second-order valence-electron chi connectivity index (χ2n) is 10.2. The lowest BCUT2D eigenvalue weighted by molar-refractivity contribution is -0.191. The van der Waals surface area contributed by atoms with E-state index in [9.17, 15) is 27.9 Å². The van der Waals surface area contributed by atoms with Gasteiger partial charge in [0, 0.05) is 31.6 Å². The predicted molar refractivity (Wildman–Crippen MR) is 129 cm³/mol. The van der Waals surface area contributed by atoms with Gasteiger partial charge in [-0.2, -0.15) is 13.2 Å². The van der Waals surface area contributed by atoms with Crippen molar-refractivity contribution < 1.29 is 27.9 Å². The normalized spacial score (nSPS) is 22.0. The number of carbonyl (C=O) groups excluding carboxylic acids is 1. The standard InChI is InChI=1S/C26H31F3N4O3/c1-25(2)19-9-5-4-7-16(19)13-21(25)31-18-10-11-20(30-14-18)22(26(27,28)29)32(3)23(34)17-8-6-12-33(15-17)24(35)36/h4-5,7,9-11,14,17,21-22,31H,6,8,12-13,15H2,1-3H3,(H,35,36). The minimum atomic E-state index is -4.75. The first-order chi connectivity index (χ1) is 16.9. The minimum Gasteiger partial charge on any atom is -0.465 e. The molecular formula is C26H31F3N4O3. The van der Waals surface area contributed by atoms with Gasteiger partial charge in [0.2, 0.25) is 5.91 Å². The van der Waals surface area contributed by atoms with Crippen molar-refractivity contribution in [3.05, 3.63) is 59.4 Å². The van der Waals surface area contributed by atoms with Crippen molar-refractivity contribution >= 4 is 17.7 Å². The van der Waals surface area contributed by atoms with Crippen LogP contribution < -0.4 is 5.32 Å². The van der Waals surface area contributed by atoms with Crippen LogP contribution in [0.5, 0.6) is 0 Å². The Kier molecular flexibility index (Phi) is 6.90. The lowest BCUT2D eigenvalue weighted by Crippen LogP contribution is -2.48. The number of benzene rings is 1. The SMILES string of the molecule is CN(C(=O)C1CCCN(C(=O)O)C1)C(c1ccc(NC2Cc3ccccc3C2(C)C)cn1)C(F)(F)F. The van der Waals surface area contributed by atoms with Crippen LogP contribution in [0.25, 0.3) is 0 Å². The summed E-state index contributed by atoms with van der Waals surface area (Å²) in [5, 5.41) is 12.6. The van der Waals surface area contributed by atoms with Gasteiger partial charge >= 0.3 is 12.3 Å². The Morgan fingerprint density at radius 2 is 1.94 bits per heavy atom. The third kappa shape index (κ3) is 4.99. The van der Waals surface area contributed by atoms with E-state index in [1.165, 1.54) is 23.4 Å². The number of nitrogens with one attached hydrogen (secondary N) is 1. The average molecular weight is 505 g/mol. The fourth-order valence-corrected chi connectivity index (χ4v) is 5.43. The van der Waals surface area contributed by atoms with Crippen molar-refractivity contribution in [1.29, 1.82) is 0 Å². The number of carboxylic acid groups (broad SMARTS) is 1. The van der Waals surface area contributed by atoms with E-state index in [4.69, 9.17) is 0 Å². The van der Waals surface area contributed by atoms with Gasteiger partial charge < -0.3 is 20.2 Å². The van der Waals surface area contributed by atoms with E-state index in [0.717, 1.165) is 18.4 Å². The smallest absolute Gasteiger partial charge is 0.414 e. The van der Waals surface area contributed by atoms with E-state index in [1.807, 2.05) is 12.1 Å². The maximum atomic E-state index is 14.1. The molecule has 36 heavy (non-hydrogen) atoms. The summed E-state index contributed by atoms with van der Waals surface area (Å²) in [4.78, 5) is 30.1. The molecular weight excluding hydrogens is 473 g/mol. The summed E-state index contributed by atoms with van der Waals surface area (Å²) in [5.41, 5.74) is 2.63. The highest BCUT2D eigenvalue weighted by Gasteiger charge is 2.47. The number of fused-ring (bicyclic) bond motifs is 1. The van der Waals surface area contributed by atoms with Crippen LogP contribution >= 0.6 is 0 Å². The van der Waals surface area contributed by atoms with Crippen LogP contribution in [0, 0.1) is 5.92 Å². The van der Waals surface area contributed by atoms with Crippen LogP contribution in [0.1, 0.15) is 49.6 Å². The van der Waals surface area contributed by atoms with Crippen LogP contribution in [-0.4, -0.2) is 64.2 Å². The van der Waals surface area contributed by atoms with Crippen molar-refractivity contribution in [2.24, 2.45) is 5.92 Å². The number of nitrogens with zero attached hydrogens (tertiary/aromatic N) is 3. The number of hydrogen-bond acceptors (Lipinski definition) is 4. The van der Waals surface area contributed by atoms with Crippen molar-refractivity contribution in [3.8, 4) is 0 Å². The van der Waals surface area contributed by atoms with Crippen molar-refractivity contribution in [2.45, 2.75) is 56.8 Å². The van der Waals surface area contributed by atoms with Gasteiger partial charge in [-0.05, 0) is 42.5 Å². The number of anilines is 1. The molecule has 0 saturated carbocycles. The number of aromatic nitrogens is 1. The number of hydrogen-bond donors (Lipinski definition) is 2. The van der Waals surface area contributed by atoms with E-state index < -0.39 is 30.1 Å². The van der Waals surface area contributed by atoms with Gasteiger partial charge in [0.25, 0.3) is 0 Å². The van der Waals surface area contributed by atoms with E-state index in [2.05, 4.69) is 36.3 Å². The maximum Gasteiger partial charge on any atom is 0.414 e. The van der Waals surface area contributed by atoms with E-state index in [-0.39, 0.29) is 30.2 Å². The molecule has 2 aromatic rings. The lowest BCUT2D eigenvalue weighted by Gasteiger charge is -2.36. The fraction of sp³-hybridized carbons (Fsp3) is 0.500. The zero-order chi connectivity index (χ0) is 26.3. The number of alkyl halides is 3. The second-order valence-corrected chi connectivity index (χ2v) is 10.2. The summed E-state index contributed by atoms with van der Waals surface area (Å²) in [6.07, 6.45) is -3.00. The zero-order valence-electron chi connectivity index (χ0n) is 20.5. The number of halogens is 3. The summed E-state index contributed by atoms with van der Waals surface area (Å²) in [5.74, 6) is -1.56. The monoisotopic (exact) mass is 504 g/mol.